The molecule has 0 saturated carbocycles. The monoisotopic (exact) mass is 414 g/mol. The number of nitrogen functional groups attached to an aromatic ring is 1. The van der Waals surface area contributed by atoms with E-state index in [0.29, 0.717) is 5.82 Å². The molecule has 3 rings (SSSR count). The standard InChI is InChI=1S/C20H23BrN4O/c1-10-6-14(22)7-15(11(10)2)12(3)23-20-16-8-17(21)19(26-5)9-18(16)24-13(4)25-20/h6-9,12H,22H2,1-5H3,(H,23,24,25)/t12-/m1/s1. The molecule has 6 heteroatoms. The smallest absolute Gasteiger partial charge is 0.138 e. The molecule has 3 aromatic rings. The van der Waals surface area contributed by atoms with Crippen molar-refractivity contribution in [1.29, 1.82) is 0 Å². The summed E-state index contributed by atoms with van der Waals surface area (Å²) in [6, 6.07) is 7.98. The molecule has 26 heavy (non-hydrogen) atoms. The average molecular weight is 415 g/mol. The van der Waals surface area contributed by atoms with Gasteiger partial charge in [-0.25, -0.2) is 9.97 Å². The van der Waals surface area contributed by atoms with E-state index in [9.17, 15) is 0 Å². The number of fused-ring (bicyclic) bond motifs is 1. The molecule has 0 fully saturated rings. The number of hydrogen-bond donors (Lipinski definition) is 2. The van der Waals surface area contributed by atoms with Gasteiger partial charge in [-0.3, -0.25) is 0 Å². The Morgan fingerprint density at radius 2 is 1.85 bits per heavy atom. The summed E-state index contributed by atoms with van der Waals surface area (Å²) < 4.78 is 6.25. The van der Waals surface area contributed by atoms with Gasteiger partial charge in [0.05, 0.1) is 23.1 Å². The maximum absolute atomic E-state index is 6.05. The average Bonchev–Trinajstić information content (AvgIpc) is 2.58. The molecule has 1 atom stereocenters. The van der Waals surface area contributed by atoms with E-state index in [1.807, 2.05) is 31.2 Å². The molecule has 136 valence electrons. The van der Waals surface area contributed by atoms with Crippen molar-refractivity contribution in [3.63, 3.8) is 0 Å². The molecule has 5 nitrogen and oxygen atoms in total. The van der Waals surface area contributed by atoms with Gasteiger partial charge in [0.25, 0.3) is 0 Å². The van der Waals surface area contributed by atoms with Gasteiger partial charge < -0.3 is 15.8 Å². The van der Waals surface area contributed by atoms with E-state index in [2.05, 4.69) is 52.0 Å². The molecule has 0 aliphatic carbocycles. The van der Waals surface area contributed by atoms with Gasteiger partial charge in [-0.1, -0.05) is 0 Å². The fourth-order valence-electron chi connectivity index (χ4n) is 3.16. The second-order valence-corrected chi connectivity index (χ2v) is 7.40. The molecule has 1 heterocycles. The van der Waals surface area contributed by atoms with Gasteiger partial charge >= 0.3 is 0 Å². The van der Waals surface area contributed by atoms with E-state index < -0.39 is 0 Å². The summed E-state index contributed by atoms with van der Waals surface area (Å²) in [4.78, 5) is 9.16. The van der Waals surface area contributed by atoms with E-state index in [0.717, 1.165) is 32.6 Å². The predicted octanol–water partition coefficient (Wildman–Crippen LogP) is 5.08. The first-order chi connectivity index (χ1) is 12.3. The number of hydrogen-bond acceptors (Lipinski definition) is 5. The first kappa shape index (κ1) is 18.5. The number of halogens is 1. The van der Waals surface area contributed by atoms with Gasteiger partial charge in [0.15, 0.2) is 0 Å². The summed E-state index contributed by atoms with van der Waals surface area (Å²) in [6.07, 6.45) is 0. The van der Waals surface area contributed by atoms with Gasteiger partial charge in [0.1, 0.15) is 17.4 Å². The number of nitrogens with two attached hydrogens (primary N) is 1. The fourth-order valence-corrected chi connectivity index (χ4v) is 3.67. The van der Waals surface area contributed by atoms with Crippen LogP contribution in [-0.4, -0.2) is 17.1 Å². The normalized spacial score (nSPS) is 12.2. The summed E-state index contributed by atoms with van der Waals surface area (Å²) >= 11 is 3.55. The number of nitrogens with zero attached hydrogens (tertiary/aromatic N) is 2. The van der Waals surface area contributed by atoms with Crippen molar-refractivity contribution in [2.24, 2.45) is 0 Å². The molecule has 2 aromatic carbocycles. The van der Waals surface area contributed by atoms with Gasteiger partial charge in [0, 0.05) is 17.1 Å². The van der Waals surface area contributed by atoms with E-state index in [1.165, 1.54) is 16.7 Å². The minimum atomic E-state index is 0.0515. The zero-order valence-corrected chi connectivity index (χ0v) is 17.2. The molecular weight excluding hydrogens is 392 g/mol. The quantitative estimate of drug-likeness (QED) is 0.582. The zero-order chi connectivity index (χ0) is 19.0. The highest BCUT2D eigenvalue weighted by Crippen LogP contribution is 2.34. The van der Waals surface area contributed by atoms with Crippen LogP contribution >= 0.6 is 15.9 Å². The topological polar surface area (TPSA) is 73.1 Å². The van der Waals surface area contributed by atoms with Crippen LogP contribution in [0.3, 0.4) is 0 Å². The highest BCUT2D eigenvalue weighted by Gasteiger charge is 2.15. The minimum absolute atomic E-state index is 0.0515. The lowest BCUT2D eigenvalue weighted by Crippen LogP contribution is -2.12. The molecule has 0 unspecified atom stereocenters. The van der Waals surface area contributed by atoms with Crippen LogP contribution in [0.4, 0.5) is 11.5 Å². The van der Waals surface area contributed by atoms with Crippen LogP contribution < -0.4 is 15.8 Å². The highest BCUT2D eigenvalue weighted by atomic mass is 79.9. The van der Waals surface area contributed by atoms with Gasteiger partial charge in [-0.05, 0) is 78.5 Å². The van der Waals surface area contributed by atoms with Crippen LogP contribution in [0, 0.1) is 20.8 Å². The lowest BCUT2D eigenvalue weighted by molar-refractivity contribution is 0.412. The second-order valence-electron chi connectivity index (χ2n) is 6.54. The lowest BCUT2D eigenvalue weighted by Gasteiger charge is -2.20. The lowest BCUT2D eigenvalue weighted by atomic mass is 9.97. The van der Waals surface area contributed by atoms with E-state index in [4.69, 9.17) is 10.5 Å². The van der Waals surface area contributed by atoms with Crippen molar-refractivity contribution >= 4 is 38.3 Å². The third kappa shape index (κ3) is 3.46. The summed E-state index contributed by atoms with van der Waals surface area (Å²) in [7, 11) is 1.64. The van der Waals surface area contributed by atoms with Crippen molar-refractivity contribution < 1.29 is 4.74 Å². The number of ether oxygens (including phenoxy) is 1. The van der Waals surface area contributed by atoms with Crippen molar-refractivity contribution in [2.45, 2.75) is 33.7 Å². The summed E-state index contributed by atoms with van der Waals surface area (Å²) in [5, 5.41) is 4.47. The number of rotatable bonds is 4. The summed E-state index contributed by atoms with van der Waals surface area (Å²) in [5.41, 5.74) is 11.2. The zero-order valence-electron chi connectivity index (χ0n) is 15.6. The number of aryl methyl sites for hydroxylation is 2. The first-order valence-corrected chi connectivity index (χ1v) is 9.24. The van der Waals surface area contributed by atoms with Gasteiger partial charge in [-0.15, -0.1) is 0 Å². The van der Waals surface area contributed by atoms with Crippen molar-refractivity contribution in [3.8, 4) is 5.75 Å². The Balaban J connectivity index is 2.07. The van der Waals surface area contributed by atoms with Crippen molar-refractivity contribution in [1.82, 2.24) is 9.97 Å². The Hall–Kier alpha value is -2.34. The Morgan fingerprint density at radius 3 is 2.54 bits per heavy atom. The maximum atomic E-state index is 6.05. The molecule has 0 bridgehead atoms. The van der Waals surface area contributed by atoms with Crippen LogP contribution in [0.1, 0.15) is 35.5 Å². The van der Waals surface area contributed by atoms with E-state index in [-0.39, 0.29) is 6.04 Å². The molecular formula is C20H23BrN4O. The first-order valence-electron chi connectivity index (χ1n) is 8.45. The van der Waals surface area contributed by atoms with Gasteiger partial charge in [0.2, 0.25) is 0 Å². The number of anilines is 2. The Kier molecular flexibility index (Phi) is 5.05. The van der Waals surface area contributed by atoms with Crippen molar-refractivity contribution in [2.75, 3.05) is 18.2 Å². The molecule has 0 amide bonds. The van der Waals surface area contributed by atoms with Crippen LogP contribution in [0.2, 0.25) is 0 Å². The number of aromatic nitrogens is 2. The fraction of sp³-hybridized carbons (Fsp3) is 0.300. The van der Waals surface area contributed by atoms with Crippen LogP contribution in [-0.2, 0) is 0 Å². The van der Waals surface area contributed by atoms with E-state index >= 15 is 0 Å². The molecule has 3 N–H and O–H groups in total. The van der Waals surface area contributed by atoms with Gasteiger partial charge in [-0.2, -0.15) is 0 Å². The van der Waals surface area contributed by atoms with Crippen LogP contribution in [0.25, 0.3) is 10.9 Å². The SMILES string of the molecule is COc1cc2nc(C)nc(N[C@H](C)c3cc(N)cc(C)c3C)c2cc1Br. The van der Waals surface area contributed by atoms with Crippen molar-refractivity contribution in [3.05, 3.63) is 51.3 Å². The molecule has 0 aliphatic heterocycles. The van der Waals surface area contributed by atoms with Crippen LogP contribution in [0.15, 0.2) is 28.7 Å². The summed E-state index contributed by atoms with van der Waals surface area (Å²) in [5.74, 6) is 2.25. The second kappa shape index (κ2) is 7.11. The Morgan fingerprint density at radius 1 is 1.12 bits per heavy atom. The van der Waals surface area contributed by atoms with E-state index in [1.54, 1.807) is 7.11 Å². The molecule has 0 radical (unpaired) electrons. The number of benzene rings is 2. The number of nitrogens with one attached hydrogen (secondary N) is 1. The maximum Gasteiger partial charge on any atom is 0.138 e. The minimum Gasteiger partial charge on any atom is -0.495 e. The molecule has 0 spiro atoms. The highest BCUT2D eigenvalue weighted by molar-refractivity contribution is 9.10. The molecule has 1 aromatic heterocycles. The summed E-state index contributed by atoms with van der Waals surface area (Å²) in [6.45, 7) is 8.20. The Labute approximate surface area is 162 Å². The molecule has 0 saturated heterocycles. The molecule has 0 aliphatic rings. The third-order valence-corrected chi connectivity index (χ3v) is 5.25. The third-order valence-electron chi connectivity index (χ3n) is 4.63. The van der Waals surface area contributed by atoms with Crippen LogP contribution in [0.5, 0.6) is 5.75 Å². The number of methoxy groups -OCH3 is 1. The largest absolute Gasteiger partial charge is 0.495 e. The predicted molar refractivity (Wildman–Crippen MR) is 111 cm³/mol. The Bertz CT molecular complexity index is 987.